The van der Waals surface area contributed by atoms with E-state index < -0.39 is 65.5 Å². The number of benzene rings is 2. The van der Waals surface area contributed by atoms with E-state index in [9.17, 15) is 35.8 Å². The molecule has 8 aromatic rings. The highest BCUT2D eigenvalue weighted by molar-refractivity contribution is 7.91. The number of rotatable bonds is 16. The number of aryl methyl sites for hydroxylation is 2. The van der Waals surface area contributed by atoms with Crippen molar-refractivity contribution in [2.45, 2.75) is 60.9 Å². The second-order valence-electron chi connectivity index (χ2n) is 18.0. The highest BCUT2D eigenvalue weighted by Gasteiger charge is 2.40. The van der Waals surface area contributed by atoms with E-state index in [1.807, 2.05) is 24.6 Å². The second-order valence-corrected chi connectivity index (χ2v) is 24.3. The molecular formula is C48H52F2N14O10S4. The molecule has 0 unspecified atom stereocenters. The number of methoxy groups -OCH3 is 4. The van der Waals surface area contributed by atoms with Gasteiger partial charge in [-0.05, 0) is 51.0 Å². The maximum atomic E-state index is 13.8. The van der Waals surface area contributed by atoms with E-state index in [0.717, 1.165) is 36.2 Å². The van der Waals surface area contributed by atoms with Gasteiger partial charge in [-0.3, -0.25) is 9.13 Å². The van der Waals surface area contributed by atoms with Crippen LogP contribution in [0.3, 0.4) is 0 Å². The first-order chi connectivity index (χ1) is 37.4. The summed E-state index contributed by atoms with van der Waals surface area (Å²) in [4.78, 5) is 27.9. The minimum Gasteiger partial charge on any atom is -0.494 e. The molecule has 6 aromatic heterocycles. The molecule has 24 nitrogen and oxygen atoms in total. The number of aliphatic hydroxyl groups is 2. The number of thiazole rings is 2. The number of sulfone groups is 2. The summed E-state index contributed by atoms with van der Waals surface area (Å²) in [6.45, 7) is 3.99. The SMILES string of the molecule is COc1cccc(OC)c1-n1c(CS(=O)(=O)[C@@H]2C[C@H](O)CN(c3ncc(F)cn3)C2)nnc1-c1nc(C)cs1.COc1cccc(OC)c1-n1c(CS(=O)(=O)[C@H]2C[C@@H](O)CN(c3ncc(F)cn3)C2)nnc1-c1nc(C)cs1. The molecule has 2 aliphatic heterocycles. The van der Waals surface area contributed by atoms with Gasteiger partial charge in [-0.25, -0.2) is 55.5 Å². The Bertz CT molecular complexity index is 3340. The average Bonchev–Trinajstić information content (AvgIpc) is 4.36. The number of halogens is 2. The van der Waals surface area contributed by atoms with Gasteiger partial charge in [-0.15, -0.1) is 43.1 Å². The van der Waals surface area contributed by atoms with Crippen molar-refractivity contribution in [3.63, 3.8) is 0 Å². The minimum absolute atomic E-state index is 0.0185. The Morgan fingerprint density at radius 3 is 1.22 bits per heavy atom. The second kappa shape index (κ2) is 23.3. The quantitative estimate of drug-likeness (QED) is 0.135. The molecule has 78 heavy (non-hydrogen) atoms. The summed E-state index contributed by atoms with van der Waals surface area (Å²) in [5.41, 5.74) is 2.44. The molecule has 2 aliphatic rings. The van der Waals surface area contributed by atoms with E-state index in [0.29, 0.717) is 56.0 Å². The van der Waals surface area contributed by atoms with Crippen LogP contribution >= 0.6 is 22.7 Å². The minimum atomic E-state index is -3.90. The van der Waals surface area contributed by atoms with Crippen LogP contribution in [0.2, 0.25) is 0 Å². The van der Waals surface area contributed by atoms with Crippen LogP contribution in [0.15, 0.2) is 71.9 Å². The Morgan fingerprint density at radius 1 is 0.564 bits per heavy atom. The molecule has 0 radical (unpaired) electrons. The van der Waals surface area contributed by atoms with E-state index in [1.54, 1.807) is 45.5 Å². The van der Waals surface area contributed by atoms with Crippen LogP contribution < -0.4 is 28.7 Å². The van der Waals surface area contributed by atoms with Gasteiger partial charge >= 0.3 is 0 Å². The fourth-order valence-electron chi connectivity index (χ4n) is 9.02. The molecule has 4 atom stereocenters. The summed E-state index contributed by atoms with van der Waals surface area (Å²) >= 11 is 2.70. The van der Waals surface area contributed by atoms with Crippen molar-refractivity contribution in [3.05, 3.63) is 107 Å². The molecule has 412 valence electrons. The number of hydrogen-bond donors (Lipinski definition) is 2. The number of ether oxygens (including phenoxy) is 4. The standard InChI is InChI=1S/2C24H26FN7O5S2/c2*1-14-12-38-23(28-14)22-30-29-20(32(22)21-18(36-2)5-4-6-19(21)37-3)13-39(34,35)17-7-16(33)10-31(11-17)24-26-8-15(25)9-27-24/h2*4-6,8-9,12,16-17,33H,7,10-11,13H2,1-3H3/t2*16-,17+/m10/s1. The molecule has 30 heteroatoms. The van der Waals surface area contributed by atoms with Gasteiger partial charge in [0.25, 0.3) is 0 Å². The van der Waals surface area contributed by atoms with Crippen molar-refractivity contribution >= 4 is 54.2 Å². The monoisotopic (exact) mass is 1150 g/mol. The predicted octanol–water partition coefficient (Wildman–Crippen LogP) is 4.40. The molecule has 8 heterocycles. The fraction of sp³-hybridized carbons (Fsp3) is 0.375. The van der Waals surface area contributed by atoms with Crippen LogP contribution in [0.5, 0.6) is 23.0 Å². The summed E-state index contributed by atoms with van der Waals surface area (Å²) in [6, 6.07) is 10.4. The highest BCUT2D eigenvalue weighted by atomic mass is 32.2. The Morgan fingerprint density at radius 2 is 0.910 bits per heavy atom. The van der Waals surface area contributed by atoms with Crippen molar-refractivity contribution in [1.82, 2.24) is 59.4 Å². The number of aromatic nitrogens is 12. The molecule has 2 N–H and O–H groups in total. The van der Waals surface area contributed by atoms with E-state index in [-0.39, 0.29) is 62.6 Å². The molecule has 2 aromatic carbocycles. The Hall–Kier alpha value is -7.38. The topological polar surface area (TPSA) is 291 Å². The first-order valence-electron chi connectivity index (χ1n) is 23.8. The Kier molecular flexibility index (Phi) is 16.5. The van der Waals surface area contributed by atoms with E-state index in [2.05, 4.69) is 50.3 Å². The smallest absolute Gasteiger partial charge is 0.225 e. The number of hydrogen-bond acceptors (Lipinski definition) is 24. The van der Waals surface area contributed by atoms with Gasteiger partial charge in [0.2, 0.25) is 11.9 Å². The fourth-order valence-corrected chi connectivity index (χ4v) is 14.0. The molecule has 0 aliphatic carbocycles. The number of nitrogens with zero attached hydrogens (tertiary/aromatic N) is 14. The summed E-state index contributed by atoms with van der Waals surface area (Å²) in [5, 5.41) is 41.0. The third kappa shape index (κ3) is 11.9. The van der Waals surface area contributed by atoms with E-state index >= 15 is 0 Å². The van der Waals surface area contributed by atoms with Gasteiger partial charge in [0, 0.05) is 48.3 Å². The van der Waals surface area contributed by atoms with E-state index in [1.165, 1.54) is 60.9 Å². The molecular weight excluding hydrogens is 1100 g/mol. The zero-order valence-electron chi connectivity index (χ0n) is 42.7. The summed E-state index contributed by atoms with van der Waals surface area (Å²) in [6.07, 6.45) is 2.13. The Labute approximate surface area is 454 Å². The lowest BCUT2D eigenvalue weighted by Gasteiger charge is -2.35. The largest absolute Gasteiger partial charge is 0.494 e. The zero-order valence-corrected chi connectivity index (χ0v) is 46.0. The number of para-hydroxylation sites is 2. The normalized spacial score (nSPS) is 17.8. The molecule has 10 rings (SSSR count). The molecule has 0 amide bonds. The van der Waals surface area contributed by atoms with Gasteiger partial charge in [0.15, 0.2) is 64.6 Å². The van der Waals surface area contributed by atoms with E-state index in [4.69, 9.17) is 18.9 Å². The molecule has 2 fully saturated rings. The third-order valence-electron chi connectivity index (χ3n) is 12.6. The number of piperidine rings is 2. The average molecular weight is 1150 g/mol. The van der Waals surface area contributed by atoms with Gasteiger partial charge in [-0.2, -0.15) is 0 Å². The molecule has 2 saturated heterocycles. The number of anilines is 2. The lowest BCUT2D eigenvalue weighted by molar-refractivity contribution is 0.154. The van der Waals surface area contributed by atoms with Gasteiger partial charge < -0.3 is 39.0 Å². The lowest BCUT2D eigenvalue weighted by atomic mass is 10.1. The van der Waals surface area contributed by atoms with Crippen molar-refractivity contribution < 1.29 is 54.8 Å². The third-order valence-corrected chi connectivity index (χ3v) is 18.5. The van der Waals surface area contributed by atoms with Crippen LogP contribution in [-0.2, 0) is 31.2 Å². The molecule has 0 bridgehead atoms. The maximum Gasteiger partial charge on any atom is 0.225 e. The molecule has 0 spiro atoms. The molecule has 0 saturated carbocycles. The van der Waals surface area contributed by atoms with Crippen molar-refractivity contribution in [3.8, 4) is 56.0 Å². The van der Waals surface area contributed by atoms with Gasteiger partial charge in [0.1, 0.15) is 45.9 Å². The predicted molar refractivity (Wildman–Crippen MR) is 283 cm³/mol. The first-order valence-corrected chi connectivity index (χ1v) is 29.0. The van der Waals surface area contributed by atoms with Crippen LogP contribution in [-0.4, -0.2) is 164 Å². The van der Waals surface area contributed by atoms with Crippen molar-refractivity contribution in [2.75, 3.05) is 64.4 Å². The van der Waals surface area contributed by atoms with Crippen LogP contribution in [0.1, 0.15) is 35.9 Å². The van der Waals surface area contributed by atoms with Gasteiger partial charge in [0.05, 0.1) is 75.9 Å². The van der Waals surface area contributed by atoms with Crippen molar-refractivity contribution in [2.24, 2.45) is 0 Å². The highest BCUT2D eigenvalue weighted by Crippen LogP contribution is 2.40. The van der Waals surface area contributed by atoms with Crippen LogP contribution in [0, 0.1) is 25.5 Å². The summed E-state index contributed by atoms with van der Waals surface area (Å²) in [5.74, 6) is 0.721. The summed E-state index contributed by atoms with van der Waals surface area (Å²) < 4.78 is 107. The summed E-state index contributed by atoms with van der Waals surface area (Å²) in [7, 11) is -1.80. The number of β-amino-alcohol motifs (C(OH)–C–C–N with tert-alkyl or cyclic N) is 2. The Balaban J connectivity index is 0.000000190. The number of aliphatic hydroxyl groups excluding tert-OH is 2. The lowest BCUT2D eigenvalue weighted by Crippen LogP contribution is -2.49. The van der Waals surface area contributed by atoms with Crippen LogP contribution in [0.25, 0.3) is 33.0 Å². The first kappa shape index (κ1) is 55.4. The zero-order chi connectivity index (χ0) is 55.5. The maximum absolute atomic E-state index is 13.8. The van der Waals surface area contributed by atoms with Crippen LogP contribution in [0.4, 0.5) is 20.7 Å². The van der Waals surface area contributed by atoms with Gasteiger partial charge in [-0.1, -0.05) is 12.1 Å². The van der Waals surface area contributed by atoms with Crippen molar-refractivity contribution in [1.29, 1.82) is 0 Å².